The van der Waals surface area contributed by atoms with Crippen LogP contribution in [-0.4, -0.2) is 16.2 Å². The molecule has 5 nitrogen and oxygen atoms in total. The van der Waals surface area contributed by atoms with Gasteiger partial charge in [0.15, 0.2) is 0 Å². The van der Waals surface area contributed by atoms with Crippen molar-refractivity contribution >= 4 is 12.0 Å². The average molecular weight is 166 g/mol. The lowest BCUT2D eigenvalue weighted by Crippen LogP contribution is -1.98. The lowest BCUT2D eigenvalue weighted by molar-refractivity contribution is -0.385. The molecule has 5 heteroatoms. The molecule has 0 aliphatic carbocycles. The van der Waals surface area contributed by atoms with Gasteiger partial charge in [-0.25, -0.2) is 0 Å². The lowest BCUT2D eigenvalue weighted by atomic mass is 10.2. The van der Waals surface area contributed by atoms with Crippen molar-refractivity contribution in [3.05, 3.63) is 34.1 Å². The fourth-order valence-corrected chi connectivity index (χ4v) is 0.832. The minimum Gasteiger partial charge on any atom is -0.303 e. The molecule has 1 aromatic heterocycles. The van der Waals surface area contributed by atoms with Crippen molar-refractivity contribution in [3.8, 4) is 0 Å². The molecule has 0 radical (unpaired) electrons. The zero-order valence-corrected chi connectivity index (χ0v) is 6.14. The van der Waals surface area contributed by atoms with E-state index in [1.807, 2.05) is 0 Å². The second-order valence-corrected chi connectivity index (χ2v) is 2.10. The Morgan fingerprint density at radius 3 is 3.00 bits per heavy atom. The summed E-state index contributed by atoms with van der Waals surface area (Å²) in [5, 5.41) is 10.3. The summed E-state index contributed by atoms with van der Waals surface area (Å²) in [5.74, 6) is 0. The summed E-state index contributed by atoms with van der Waals surface area (Å²) in [6.07, 6.45) is 2.00. The molecule has 0 N–H and O–H groups in total. The Kier molecular flexibility index (Phi) is 2.47. The number of hydrogen-bond acceptors (Lipinski definition) is 4. The van der Waals surface area contributed by atoms with E-state index in [0.29, 0.717) is 6.29 Å². The van der Waals surface area contributed by atoms with Crippen molar-refractivity contribution in [3.63, 3.8) is 0 Å². The fourth-order valence-electron chi connectivity index (χ4n) is 0.832. The summed E-state index contributed by atoms with van der Waals surface area (Å²) in [6, 6.07) is 2.79. The minimum absolute atomic E-state index is 0.0167. The molecule has 0 saturated carbocycles. The molecule has 1 aromatic rings. The highest BCUT2D eigenvalue weighted by atomic mass is 16.6. The molecule has 0 fully saturated rings. The van der Waals surface area contributed by atoms with E-state index in [-0.39, 0.29) is 17.8 Å². The maximum absolute atomic E-state index is 10.3. The number of aldehydes is 1. The van der Waals surface area contributed by atoms with Crippen LogP contribution in [0.2, 0.25) is 0 Å². The number of nitrogens with zero attached hydrogens (tertiary/aromatic N) is 2. The van der Waals surface area contributed by atoms with E-state index in [4.69, 9.17) is 0 Å². The maximum Gasteiger partial charge on any atom is 0.291 e. The molecule has 0 atom stereocenters. The Balaban J connectivity index is 3.07. The third-order valence-electron chi connectivity index (χ3n) is 1.34. The molecule has 0 amide bonds. The molecule has 0 aromatic carbocycles. The van der Waals surface area contributed by atoms with Gasteiger partial charge in [-0.15, -0.1) is 0 Å². The summed E-state index contributed by atoms with van der Waals surface area (Å²) in [6.45, 7) is 0. The SMILES string of the molecule is O=CCc1ncccc1[N+](=O)[O-]. The molecule has 0 aliphatic heterocycles. The van der Waals surface area contributed by atoms with Crippen molar-refractivity contribution in [2.24, 2.45) is 0 Å². The van der Waals surface area contributed by atoms with Crippen LogP contribution in [0.1, 0.15) is 5.69 Å². The highest BCUT2D eigenvalue weighted by molar-refractivity contribution is 5.57. The van der Waals surface area contributed by atoms with E-state index < -0.39 is 4.92 Å². The molecular formula is C7H6N2O3. The number of rotatable bonds is 3. The molecule has 12 heavy (non-hydrogen) atoms. The smallest absolute Gasteiger partial charge is 0.291 e. The van der Waals surface area contributed by atoms with Gasteiger partial charge in [0.1, 0.15) is 12.0 Å². The summed E-state index contributed by atoms with van der Waals surface area (Å²) in [4.78, 5) is 23.6. The third-order valence-corrected chi connectivity index (χ3v) is 1.34. The summed E-state index contributed by atoms with van der Waals surface area (Å²) < 4.78 is 0. The predicted octanol–water partition coefficient (Wildman–Crippen LogP) is 0.731. The first kappa shape index (κ1) is 8.32. The topological polar surface area (TPSA) is 73.1 Å². The Bertz CT molecular complexity index is 311. The fraction of sp³-hybridized carbons (Fsp3) is 0.143. The Morgan fingerprint density at radius 2 is 2.42 bits per heavy atom. The predicted molar refractivity (Wildman–Crippen MR) is 40.7 cm³/mol. The molecule has 0 bridgehead atoms. The number of hydrogen-bond donors (Lipinski definition) is 0. The van der Waals surface area contributed by atoms with Gasteiger partial charge in [0, 0.05) is 12.3 Å². The van der Waals surface area contributed by atoms with Gasteiger partial charge in [-0.2, -0.15) is 0 Å². The van der Waals surface area contributed by atoms with Crippen LogP contribution in [0.25, 0.3) is 0 Å². The van der Waals surface area contributed by atoms with E-state index in [1.165, 1.54) is 18.3 Å². The highest BCUT2D eigenvalue weighted by Crippen LogP contribution is 2.14. The Hall–Kier alpha value is -1.78. The zero-order valence-electron chi connectivity index (χ0n) is 6.14. The van der Waals surface area contributed by atoms with E-state index in [2.05, 4.69) is 4.98 Å². The molecule has 1 heterocycles. The molecule has 0 unspecified atom stereocenters. The van der Waals surface area contributed by atoms with Crippen LogP contribution in [0, 0.1) is 10.1 Å². The van der Waals surface area contributed by atoms with Gasteiger partial charge in [0.25, 0.3) is 5.69 Å². The van der Waals surface area contributed by atoms with Gasteiger partial charge in [-0.1, -0.05) is 0 Å². The minimum atomic E-state index is -0.550. The summed E-state index contributed by atoms with van der Waals surface area (Å²) in [5.41, 5.74) is 0.0992. The van der Waals surface area contributed by atoms with E-state index >= 15 is 0 Å². The average Bonchev–Trinajstić information content (AvgIpc) is 2.05. The van der Waals surface area contributed by atoms with Gasteiger partial charge in [-0.3, -0.25) is 15.1 Å². The van der Waals surface area contributed by atoms with Gasteiger partial charge >= 0.3 is 0 Å². The normalized spacial score (nSPS) is 9.33. The van der Waals surface area contributed by atoms with Crippen LogP contribution in [0.4, 0.5) is 5.69 Å². The molecular weight excluding hydrogens is 160 g/mol. The van der Waals surface area contributed by atoms with Crippen molar-refractivity contribution in [1.82, 2.24) is 4.98 Å². The lowest BCUT2D eigenvalue weighted by Gasteiger charge is -1.95. The quantitative estimate of drug-likeness (QED) is 0.377. The number of pyridine rings is 1. The molecule has 0 spiro atoms. The van der Waals surface area contributed by atoms with Crippen LogP contribution < -0.4 is 0 Å². The Morgan fingerprint density at radius 1 is 1.67 bits per heavy atom. The van der Waals surface area contributed by atoms with Crippen molar-refractivity contribution in [1.29, 1.82) is 0 Å². The number of carbonyl (C=O) groups excluding carboxylic acids is 1. The van der Waals surface area contributed by atoms with Crippen molar-refractivity contribution < 1.29 is 9.72 Å². The Labute approximate surface area is 68.2 Å². The number of nitro groups is 1. The van der Waals surface area contributed by atoms with E-state index in [0.717, 1.165) is 0 Å². The van der Waals surface area contributed by atoms with E-state index in [9.17, 15) is 14.9 Å². The van der Waals surface area contributed by atoms with Gasteiger partial charge in [-0.05, 0) is 6.07 Å². The molecule has 1 rings (SSSR count). The zero-order chi connectivity index (χ0) is 8.97. The summed E-state index contributed by atoms with van der Waals surface area (Å²) >= 11 is 0. The van der Waals surface area contributed by atoms with E-state index in [1.54, 1.807) is 0 Å². The van der Waals surface area contributed by atoms with Crippen molar-refractivity contribution in [2.45, 2.75) is 6.42 Å². The van der Waals surface area contributed by atoms with Gasteiger partial charge < -0.3 is 4.79 Å². The van der Waals surface area contributed by atoms with Crippen LogP contribution >= 0.6 is 0 Å². The highest BCUT2D eigenvalue weighted by Gasteiger charge is 2.12. The standard InChI is InChI=1S/C7H6N2O3/c10-5-3-6-7(9(11)12)2-1-4-8-6/h1-2,4-5H,3H2. The second kappa shape index (κ2) is 3.56. The first-order chi connectivity index (χ1) is 5.75. The largest absolute Gasteiger partial charge is 0.303 e. The summed E-state index contributed by atoms with van der Waals surface area (Å²) in [7, 11) is 0. The molecule has 0 saturated heterocycles. The first-order valence-electron chi connectivity index (χ1n) is 3.27. The van der Waals surface area contributed by atoms with Crippen LogP contribution in [0.5, 0.6) is 0 Å². The molecule has 62 valence electrons. The van der Waals surface area contributed by atoms with Gasteiger partial charge in [0.05, 0.1) is 11.3 Å². The van der Waals surface area contributed by atoms with Gasteiger partial charge in [0.2, 0.25) is 0 Å². The maximum atomic E-state index is 10.3. The van der Waals surface area contributed by atoms with Crippen LogP contribution in [0.15, 0.2) is 18.3 Å². The monoisotopic (exact) mass is 166 g/mol. The first-order valence-corrected chi connectivity index (χ1v) is 3.27. The van der Waals surface area contributed by atoms with Crippen molar-refractivity contribution in [2.75, 3.05) is 0 Å². The second-order valence-electron chi connectivity index (χ2n) is 2.10. The van der Waals surface area contributed by atoms with Crippen LogP contribution in [0.3, 0.4) is 0 Å². The molecule has 0 aliphatic rings. The number of carbonyl (C=O) groups is 1. The number of aromatic nitrogens is 1. The van der Waals surface area contributed by atoms with Crippen LogP contribution in [-0.2, 0) is 11.2 Å². The third kappa shape index (κ3) is 1.63.